The van der Waals surface area contributed by atoms with E-state index in [-0.39, 0.29) is 0 Å². The third kappa shape index (κ3) is 1.80. The summed E-state index contributed by atoms with van der Waals surface area (Å²) in [6.07, 6.45) is 2.11. The van der Waals surface area contributed by atoms with Crippen molar-refractivity contribution in [2.75, 3.05) is 0 Å². The van der Waals surface area contributed by atoms with E-state index in [1.807, 2.05) is 0 Å². The highest BCUT2D eigenvalue weighted by molar-refractivity contribution is 5.82. The first kappa shape index (κ1) is 9.28. The molecule has 0 spiro atoms. The smallest absolute Gasteiger partial charge is 0.104 e. The van der Waals surface area contributed by atoms with Crippen LogP contribution in [0.4, 0.5) is 0 Å². The Morgan fingerprint density at radius 3 is 2.86 bits per heavy atom. The Morgan fingerprint density at radius 1 is 1.29 bits per heavy atom. The van der Waals surface area contributed by atoms with Crippen LogP contribution in [0.3, 0.4) is 0 Å². The molecule has 3 N–H and O–H groups in total. The van der Waals surface area contributed by atoms with Crippen molar-refractivity contribution in [1.82, 2.24) is 4.98 Å². The lowest BCUT2D eigenvalue weighted by Gasteiger charge is -2.03. The zero-order valence-electron chi connectivity index (χ0n) is 8.75. The van der Waals surface area contributed by atoms with Crippen molar-refractivity contribution in [2.45, 2.75) is 26.4 Å². The van der Waals surface area contributed by atoms with Gasteiger partial charge in [-0.2, -0.15) is 0 Å². The third-order valence-corrected chi connectivity index (χ3v) is 2.48. The second-order valence-electron chi connectivity index (χ2n) is 4.04. The molecule has 2 aromatic rings. The molecule has 0 radical (unpaired) electrons. The monoisotopic (exact) mass is 189 g/mol. The minimum atomic E-state index is 0.656. The molecule has 2 heteroatoms. The summed E-state index contributed by atoms with van der Waals surface area (Å²) < 4.78 is 0. The van der Waals surface area contributed by atoms with Gasteiger partial charge in [-0.3, -0.25) is 0 Å². The fraction of sp³-hybridized carbons (Fsp3) is 0.333. The zero-order valence-corrected chi connectivity index (χ0v) is 8.75. The largest absolute Gasteiger partial charge is 0.361 e. The Labute approximate surface area is 84.3 Å². The highest BCUT2D eigenvalue weighted by Crippen LogP contribution is 2.16. The van der Waals surface area contributed by atoms with Crippen molar-refractivity contribution in [3.05, 3.63) is 36.0 Å². The molecule has 0 unspecified atom stereocenters. The molecule has 0 fully saturated rings. The van der Waals surface area contributed by atoms with Crippen LogP contribution in [-0.4, -0.2) is 11.0 Å². The number of quaternary nitrogens is 1. The number of H-pyrrole nitrogens is 1. The van der Waals surface area contributed by atoms with Crippen LogP contribution in [0.2, 0.25) is 0 Å². The molecule has 2 nitrogen and oxygen atoms in total. The van der Waals surface area contributed by atoms with E-state index in [2.05, 4.69) is 54.6 Å². The first-order valence-electron chi connectivity index (χ1n) is 5.15. The molecule has 0 saturated carbocycles. The van der Waals surface area contributed by atoms with Crippen molar-refractivity contribution in [1.29, 1.82) is 0 Å². The van der Waals surface area contributed by atoms with E-state index in [1.165, 1.54) is 16.5 Å². The second kappa shape index (κ2) is 3.84. The van der Waals surface area contributed by atoms with Crippen LogP contribution in [0.25, 0.3) is 10.9 Å². The van der Waals surface area contributed by atoms with E-state index < -0.39 is 0 Å². The number of aromatic amines is 1. The highest BCUT2D eigenvalue weighted by atomic mass is 14.9. The van der Waals surface area contributed by atoms with Gasteiger partial charge in [0.25, 0.3) is 0 Å². The quantitative estimate of drug-likeness (QED) is 0.736. The van der Waals surface area contributed by atoms with Gasteiger partial charge < -0.3 is 10.3 Å². The summed E-state index contributed by atoms with van der Waals surface area (Å²) in [5.41, 5.74) is 2.63. The number of hydrogen-bond donors (Lipinski definition) is 2. The Hall–Kier alpha value is -1.28. The zero-order chi connectivity index (χ0) is 9.97. The van der Waals surface area contributed by atoms with Gasteiger partial charge in [-0.05, 0) is 19.9 Å². The standard InChI is InChI=1S/C12H16N2/c1-9(2)13-7-10-8-14-12-6-4-3-5-11(10)12/h3-6,8-9,13-14H,7H2,1-2H3/p+1. The van der Waals surface area contributed by atoms with Crippen LogP contribution in [0.5, 0.6) is 0 Å². The molecule has 1 heterocycles. The molecule has 0 amide bonds. The molecular weight excluding hydrogens is 172 g/mol. The second-order valence-corrected chi connectivity index (χ2v) is 4.04. The third-order valence-electron chi connectivity index (χ3n) is 2.48. The van der Waals surface area contributed by atoms with Crippen LogP contribution in [0, 0.1) is 0 Å². The van der Waals surface area contributed by atoms with Gasteiger partial charge in [0.1, 0.15) is 6.54 Å². The summed E-state index contributed by atoms with van der Waals surface area (Å²) >= 11 is 0. The first-order chi connectivity index (χ1) is 6.77. The fourth-order valence-corrected chi connectivity index (χ4v) is 1.66. The van der Waals surface area contributed by atoms with Gasteiger partial charge in [0.15, 0.2) is 0 Å². The maximum Gasteiger partial charge on any atom is 0.104 e. The maximum absolute atomic E-state index is 3.29. The average Bonchev–Trinajstić information content (AvgIpc) is 2.58. The molecule has 0 saturated heterocycles. The lowest BCUT2D eigenvalue weighted by atomic mass is 10.2. The van der Waals surface area contributed by atoms with E-state index in [1.54, 1.807) is 0 Å². The normalized spacial score (nSPS) is 11.4. The molecular formula is C12H17N2+. The molecule has 0 atom stereocenters. The number of para-hydroxylation sites is 1. The lowest BCUT2D eigenvalue weighted by molar-refractivity contribution is -0.697. The van der Waals surface area contributed by atoms with Crippen molar-refractivity contribution in [3.8, 4) is 0 Å². The van der Waals surface area contributed by atoms with E-state index >= 15 is 0 Å². The van der Waals surface area contributed by atoms with Crippen molar-refractivity contribution >= 4 is 10.9 Å². The molecule has 2 rings (SSSR count). The number of hydrogen-bond acceptors (Lipinski definition) is 0. The molecule has 0 aliphatic carbocycles. The van der Waals surface area contributed by atoms with Crippen molar-refractivity contribution in [3.63, 3.8) is 0 Å². The van der Waals surface area contributed by atoms with E-state index in [4.69, 9.17) is 0 Å². The lowest BCUT2D eigenvalue weighted by Crippen LogP contribution is -2.86. The predicted octanol–water partition coefficient (Wildman–Crippen LogP) is 1.64. The van der Waals surface area contributed by atoms with Gasteiger partial charge in [0.05, 0.1) is 6.04 Å². The van der Waals surface area contributed by atoms with Crippen LogP contribution in [-0.2, 0) is 6.54 Å². The van der Waals surface area contributed by atoms with Gasteiger partial charge >= 0.3 is 0 Å². The van der Waals surface area contributed by atoms with Crippen molar-refractivity contribution in [2.24, 2.45) is 0 Å². The summed E-state index contributed by atoms with van der Waals surface area (Å²) in [4.78, 5) is 3.29. The summed E-state index contributed by atoms with van der Waals surface area (Å²) in [5, 5.41) is 3.69. The topological polar surface area (TPSA) is 32.4 Å². The van der Waals surface area contributed by atoms with Gasteiger partial charge in [-0.15, -0.1) is 0 Å². The molecule has 0 aliphatic rings. The van der Waals surface area contributed by atoms with Gasteiger partial charge in [0.2, 0.25) is 0 Å². The van der Waals surface area contributed by atoms with Crippen LogP contribution in [0.15, 0.2) is 30.5 Å². The summed E-state index contributed by atoms with van der Waals surface area (Å²) in [6, 6.07) is 9.11. The minimum absolute atomic E-state index is 0.656. The predicted molar refractivity (Wildman–Crippen MR) is 59.1 cm³/mol. The Balaban J connectivity index is 2.25. The number of rotatable bonds is 3. The maximum atomic E-state index is 3.29. The van der Waals surface area contributed by atoms with Crippen LogP contribution in [0.1, 0.15) is 19.4 Å². The minimum Gasteiger partial charge on any atom is -0.361 e. The van der Waals surface area contributed by atoms with Gasteiger partial charge in [-0.1, -0.05) is 18.2 Å². The van der Waals surface area contributed by atoms with Gasteiger partial charge in [0, 0.05) is 22.7 Å². The highest BCUT2D eigenvalue weighted by Gasteiger charge is 2.04. The summed E-state index contributed by atoms with van der Waals surface area (Å²) in [7, 11) is 0. The van der Waals surface area contributed by atoms with Crippen molar-refractivity contribution < 1.29 is 5.32 Å². The molecule has 0 bridgehead atoms. The van der Waals surface area contributed by atoms with E-state index in [0.29, 0.717) is 6.04 Å². The van der Waals surface area contributed by atoms with Crippen LogP contribution < -0.4 is 5.32 Å². The Morgan fingerprint density at radius 2 is 2.07 bits per heavy atom. The fourth-order valence-electron chi connectivity index (χ4n) is 1.66. The number of benzene rings is 1. The molecule has 74 valence electrons. The SMILES string of the molecule is CC(C)[NH2+]Cc1c[nH]c2ccccc12. The molecule has 14 heavy (non-hydrogen) atoms. The molecule has 0 aliphatic heterocycles. The first-order valence-corrected chi connectivity index (χ1v) is 5.15. The Bertz CT molecular complexity index is 415. The van der Waals surface area contributed by atoms with E-state index in [0.717, 1.165) is 6.54 Å². The summed E-state index contributed by atoms with van der Waals surface area (Å²) in [5.74, 6) is 0. The number of fused-ring (bicyclic) bond motifs is 1. The van der Waals surface area contributed by atoms with Gasteiger partial charge in [-0.25, -0.2) is 0 Å². The average molecular weight is 189 g/mol. The van der Waals surface area contributed by atoms with Crippen LogP contribution >= 0.6 is 0 Å². The molecule has 1 aromatic heterocycles. The number of aromatic nitrogens is 1. The summed E-state index contributed by atoms with van der Waals surface area (Å²) in [6.45, 7) is 5.49. The number of nitrogens with two attached hydrogens (primary N) is 1. The molecule has 1 aromatic carbocycles. The van der Waals surface area contributed by atoms with E-state index in [9.17, 15) is 0 Å². The Kier molecular flexibility index (Phi) is 2.55. The number of nitrogens with one attached hydrogen (secondary N) is 1.